The van der Waals surface area contributed by atoms with Gasteiger partial charge in [-0.1, -0.05) is 25.5 Å². The lowest BCUT2D eigenvalue weighted by Crippen LogP contribution is -2.55. The first-order valence-corrected chi connectivity index (χ1v) is 8.90. The van der Waals surface area contributed by atoms with Crippen LogP contribution in [0.25, 0.3) is 0 Å². The maximum Gasteiger partial charge on any atom is 0.236 e. The Morgan fingerprint density at radius 2 is 2.08 bits per heavy atom. The van der Waals surface area contributed by atoms with Gasteiger partial charge in [0, 0.05) is 25.0 Å². The summed E-state index contributed by atoms with van der Waals surface area (Å²) in [6.07, 6.45) is 1.58. The molecule has 1 aromatic carbocycles. The van der Waals surface area contributed by atoms with Gasteiger partial charge >= 0.3 is 0 Å². The van der Waals surface area contributed by atoms with Crippen LogP contribution in [0.5, 0.6) is 0 Å². The summed E-state index contributed by atoms with van der Waals surface area (Å²) in [6, 6.07) is 6.24. The molecule has 0 aromatic heterocycles. The van der Waals surface area contributed by atoms with E-state index in [1.54, 1.807) is 17.0 Å². The van der Waals surface area contributed by atoms with Gasteiger partial charge in [-0.05, 0) is 37.6 Å². The topological polar surface area (TPSA) is 64.0 Å². The Hall–Kier alpha value is -1.50. The van der Waals surface area contributed by atoms with Gasteiger partial charge in [-0.15, -0.1) is 0 Å². The van der Waals surface area contributed by atoms with Crippen molar-refractivity contribution in [1.82, 2.24) is 9.80 Å². The average molecular weight is 352 g/mol. The Kier molecular flexibility index (Phi) is 6.93. The average Bonchev–Trinajstić information content (AvgIpc) is 2.58. The normalized spacial score (nSPS) is 23.9. The summed E-state index contributed by atoms with van der Waals surface area (Å²) in [5.41, 5.74) is 0.462. The second kappa shape index (κ2) is 8.74. The van der Waals surface area contributed by atoms with E-state index in [9.17, 15) is 19.4 Å². The highest BCUT2D eigenvalue weighted by Crippen LogP contribution is 2.36. The number of β-amino-alcohol motifs (C(OH)–C–C–N with tert-alkyl or cyclic N) is 1. The van der Waals surface area contributed by atoms with Gasteiger partial charge in [0.25, 0.3) is 0 Å². The molecule has 1 aromatic rings. The number of aliphatic hydroxyl groups is 2. The van der Waals surface area contributed by atoms with Gasteiger partial charge in [0.15, 0.2) is 0 Å². The predicted octanol–water partition coefficient (Wildman–Crippen LogP) is 1.63. The minimum absolute atomic E-state index is 0.0355. The van der Waals surface area contributed by atoms with Gasteiger partial charge in [-0.3, -0.25) is 9.69 Å². The lowest BCUT2D eigenvalue weighted by Gasteiger charge is -2.45. The molecule has 2 N–H and O–H groups in total. The van der Waals surface area contributed by atoms with Crippen LogP contribution in [-0.4, -0.2) is 65.3 Å². The maximum absolute atomic E-state index is 12.9. The zero-order valence-electron chi connectivity index (χ0n) is 15.1. The minimum atomic E-state index is -0.697. The van der Waals surface area contributed by atoms with Gasteiger partial charge in [-0.2, -0.15) is 0 Å². The third kappa shape index (κ3) is 5.00. The number of likely N-dealkylation sites (tertiary alicyclic amines) is 1. The molecule has 0 bridgehead atoms. The fraction of sp³-hybridized carbons (Fsp3) is 0.632. The van der Waals surface area contributed by atoms with E-state index in [-0.39, 0.29) is 31.4 Å². The summed E-state index contributed by atoms with van der Waals surface area (Å²) in [4.78, 5) is 16.1. The van der Waals surface area contributed by atoms with Crippen LogP contribution in [0.4, 0.5) is 4.39 Å². The first-order chi connectivity index (χ1) is 11.9. The summed E-state index contributed by atoms with van der Waals surface area (Å²) < 4.78 is 12.9. The standard InChI is InChI=1S/C19H29FN2O3/c1-3-8-19(14-23)9-10-22(12-17(19)24)18(25)13-21(2)11-15-4-6-16(20)7-5-15/h4-7,17,23-24H,3,8-14H2,1-2H3/t17-,19-/m1/s1. The molecule has 1 aliphatic rings. The zero-order chi connectivity index (χ0) is 18.4. The molecule has 1 amide bonds. The second-order valence-electron chi connectivity index (χ2n) is 7.17. The number of rotatable bonds is 7. The molecule has 1 fully saturated rings. The number of carbonyl (C=O) groups is 1. The highest BCUT2D eigenvalue weighted by atomic mass is 19.1. The largest absolute Gasteiger partial charge is 0.396 e. The van der Waals surface area contributed by atoms with Gasteiger partial charge in [0.2, 0.25) is 5.91 Å². The van der Waals surface area contributed by atoms with Crippen LogP contribution in [0, 0.1) is 11.2 Å². The van der Waals surface area contributed by atoms with Gasteiger partial charge in [0.05, 0.1) is 19.3 Å². The summed E-state index contributed by atoms with van der Waals surface area (Å²) in [6.45, 7) is 3.61. The Balaban J connectivity index is 1.88. The van der Waals surface area contributed by atoms with Crippen LogP contribution in [0.1, 0.15) is 31.7 Å². The molecule has 25 heavy (non-hydrogen) atoms. The Bertz CT molecular complexity index is 566. The molecule has 2 rings (SSSR count). The highest BCUT2D eigenvalue weighted by Gasteiger charge is 2.42. The molecule has 5 nitrogen and oxygen atoms in total. The summed E-state index contributed by atoms with van der Waals surface area (Å²) in [5, 5.41) is 20.2. The lowest BCUT2D eigenvalue weighted by atomic mass is 9.73. The van der Waals surface area contributed by atoms with Crippen molar-refractivity contribution in [3.05, 3.63) is 35.6 Å². The van der Waals surface area contributed by atoms with Crippen molar-refractivity contribution in [2.75, 3.05) is 33.3 Å². The monoisotopic (exact) mass is 352 g/mol. The van der Waals surface area contributed by atoms with Crippen LogP contribution >= 0.6 is 0 Å². The van der Waals surface area contributed by atoms with Crippen LogP contribution in [-0.2, 0) is 11.3 Å². The van der Waals surface area contributed by atoms with Crippen LogP contribution in [0.3, 0.4) is 0 Å². The SMILES string of the molecule is CCC[C@]1(CO)CCN(C(=O)CN(C)Cc2ccc(F)cc2)C[C@H]1O. The number of nitrogens with zero attached hydrogens (tertiary/aromatic N) is 2. The van der Waals surface area contributed by atoms with Crippen LogP contribution in [0.2, 0.25) is 0 Å². The molecule has 1 saturated heterocycles. The molecule has 0 aliphatic carbocycles. The van der Waals surface area contributed by atoms with Crippen molar-refractivity contribution < 1.29 is 19.4 Å². The number of piperidine rings is 1. The van der Waals surface area contributed by atoms with Crippen molar-refractivity contribution in [2.45, 2.75) is 38.8 Å². The molecular formula is C19H29FN2O3. The molecule has 1 heterocycles. The highest BCUT2D eigenvalue weighted by molar-refractivity contribution is 5.78. The molecular weight excluding hydrogens is 323 g/mol. The number of likely N-dealkylation sites (N-methyl/N-ethyl adjacent to an activating group) is 1. The number of hydrogen-bond acceptors (Lipinski definition) is 4. The number of amides is 1. The van der Waals surface area contributed by atoms with E-state index in [2.05, 4.69) is 0 Å². The Morgan fingerprint density at radius 3 is 2.64 bits per heavy atom. The number of carbonyl (C=O) groups excluding carboxylic acids is 1. The Labute approximate surface area is 149 Å². The first-order valence-electron chi connectivity index (χ1n) is 8.90. The molecule has 0 radical (unpaired) electrons. The fourth-order valence-electron chi connectivity index (χ4n) is 3.59. The molecule has 2 atom stereocenters. The maximum atomic E-state index is 12.9. The predicted molar refractivity (Wildman–Crippen MR) is 94.4 cm³/mol. The van der Waals surface area contributed by atoms with Gasteiger partial charge < -0.3 is 15.1 Å². The number of aliphatic hydroxyl groups excluding tert-OH is 2. The lowest BCUT2D eigenvalue weighted by molar-refractivity contribution is -0.143. The molecule has 140 valence electrons. The number of hydrogen-bond donors (Lipinski definition) is 2. The second-order valence-corrected chi connectivity index (χ2v) is 7.17. The van der Waals surface area contributed by atoms with Crippen LogP contribution in [0.15, 0.2) is 24.3 Å². The van der Waals surface area contributed by atoms with Crippen molar-refractivity contribution in [3.8, 4) is 0 Å². The number of benzene rings is 1. The molecule has 0 saturated carbocycles. The summed E-state index contributed by atoms with van der Waals surface area (Å²) >= 11 is 0. The molecule has 1 aliphatic heterocycles. The third-order valence-electron chi connectivity index (χ3n) is 5.17. The van der Waals surface area contributed by atoms with E-state index < -0.39 is 11.5 Å². The summed E-state index contributed by atoms with van der Waals surface area (Å²) in [5.74, 6) is -0.309. The smallest absolute Gasteiger partial charge is 0.236 e. The fourth-order valence-corrected chi connectivity index (χ4v) is 3.59. The summed E-state index contributed by atoms with van der Waals surface area (Å²) in [7, 11) is 1.84. The quantitative estimate of drug-likeness (QED) is 0.783. The zero-order valence-corrected chi connectivity index (χ0v) is 15.1. The van der Waals surface area contributed by atoms with E-state index in [4.69, 9.17) is 0 Å². The minimum Gasteiger partial charge on any atom is -0.396 e. The van der Waals surface area contributed by atoms with E-state index in [0.717, 1.165) is 18.4 Å². The third-order valence-corrected chi connectivity index (χ3v) is 5.17. The van der Waals surface area contributed by atoms with Gasteiger partial charge in [-0.25, -0.2) is 4.39 Å². The molecule has 0 unspecified atom stereocenters. The first kappa shape index (κ1) is 19.8. The van der Waals surface area contributed by atoms with Crippen molar-refractivity contribution in [2.24, 2.45) is 5.41 Å². The van der Waals surface area contributed by atoms with E-state index in [1.807, 2.05) is 18.9 Å². The molecule has 6 heteroatoms. The van der Waals surface area contributed by atoms with Crippen molar-refractivity contribution in [3.63, 3.8) is 0 Å². The van der Waals surface area contributed by atoms with E-state index in [1.165, 1.54) is 12.1 Å². The van der Waals surface area contributed by atoms with Crippen molar-refractivity contribution >= 4 is 5.91 Å². The van der Waals surface area contributed by atoms with E-state index >= 15 is 0 Å². The van der Waals surface area contributed by atoms with Crippen molar-refractivity contribution in [1.29, 1.82) is 0 Å². The van der Waals surface area contributed by atoms with Gasteiger partial charge in [0.1, 0.15) is 5.82 Å². The Morgan fingerprint density at radius 1 is 1.40 bits per heavy atom. The van der Waals surface area contributed by atoms with E-state index in [0.29, 0.717) is 19.5 Å². The van der Waals surface area contributed by atoms with Crippen LogP contribution < -0.4 is 0 Å². The molecule has 0 spiro atoms. The number of halogens is 1.